The minimum Gasteiger partial charge on any atom is -0.506 e. The van der Waals surface area contributed by atoms with E-state index in [9.17, 15) is 18.3 Å². The van der Waals surface area contributed by atoms with Gasteiger partial charge in [-0.3, -0.25) is 4.72 Å². The number of hydrogen-bond acceptors (Lipinski definition) is 6. The molecule has 2 rings (SSSR count). The van der Waals surface area contributed by atoms with E-state index < -0.39 is 21.7 Å². The molecule has 0 bridgehead atoms. The fourth-order valence-corrected chi connectivity index (χ4v) is 4.47. The average Bonchev–Trinajstić information content (AvgIpc) is 2.81. The Hall–Kier alpha value is -1.48. The smallest absolute Gasteiger partial charge is 0.337 e. The number of phenols is 1. The third-order valence-corrected chi connectivity index (χ3v) is 6.26. The van der Waals surface area contributed by atoms with Crippen molar-refractivity contribution < 1.29 is 23.1 Å². The molecule has 0 saturated heterocycles. The van der Waals surface area contributed by atoms with E-state index in [-0.39, 0.29) is 24.8 Å². The molecule has 10 heteroatoms. The third kappa shape index (κ3) is 3.46. The quantitative estimate of drug-likeness (QED) is 0.625. The first-order valence-corrected chi connectivity index (χ1v) is 8.69. The van der Waals surface area contributed by atoms with Crippen LogP contribution in [0.5, 0.6) is 5.75 Å². The highest BCUT2D eigenvalue weighted by atomic mass is 35.5. The molecule has 0 unspecified atom stereocenters. The molecule has 0 aliphatic heterocycles. The predicted molar refractivity (Wildman–Crippen MR) is 84.6 cm³/mol. The molecule has 1 aromatic heterocycles. The lowest BCUT2D eigenvalue weighted by atomic mass is 10.2. The van der Waals surface area contributed by atoms with Crippen molar-refractivity contribution >= 4 is 56.2 Å². The maximum absolute atomic E-state index is 12.2. The van der Waals surface area contributed by atoms with E-state index in [0.717, 1.165) is 17.4 Å². The van der Waals surface area contributed by atoms with Crippen molar-refractivity contribution in [2.45, 2.75) is 4.21 Å². The molecule has 118 valence electrons. The Labute approximate surface area is 140 Å². The zero-order valence-corrected chi connectivity index (χ0v) is 14.1. The first-order chi connectivity index (χ1) is 10.2. The van der Waals surface area contributed by atoms with E-state index in [0.29, 0.717) is 0 Å². The summed E-state index contributed by atoms with van der Waals surface area (Å²) in [6.45, 7) is 0. The number of aromatic hydroxyl groups is 1. The van der Waals surface area contributed by atoms with Crippen molar-refractivity contribution in [2.75, 3.05) is 11.8 Å². The highest BCUT2D eigenvalue weighted by Crippen LogP contribution is 2.36. The van der Waals surface area contributed by atoms with Crippen LogP contribution < -0.4 is 4.72 Å². The molecule has 0 atom stereocenters. The van der Waals surface area contributed by atoms with E-state index in [1.807, 2.05) is 0 Å². The van der Waals surface area contributed by atoms with Crippen LogP contribution in [0.1, 0.15) is 10.4 Å². The molecule has 0 fully saturated rings. The van der Waals surface area contributed by atoms with Crippen molar-refractivity contribution in [1.82, 2.24) is 0 Å². The number of methoxy groups -OCH3 is 1. The van der Waals surface area contributed by atoms with Crippen LogP contribution in [0.3, 0.4) is 0 Å². The van der Waals surface area contributed by atoms with E-state index in [1.54, 1.807) is 0 Å². The molecule has 2 aromatic rings. The van der Waals surface area contributed by atoms with Crippen LogP contribution in [-0.4, -0.2) is 26.6 Å². The predicted octanol–water partition coefficient (Wildman–Crippen LogP) is 3.35. The summed E-state index contributed by atoms with van der Waals surface area (Å²) in [5, 5.41) is 9.94. The molecule has 0 saturated carbocycles. The molecular formula is C12H9Cl2NO5S2. The minimum absolute atomic E-state index is 0.0881. The summed E-state index contributed by atoms with van der Waals surface area (Å²) in [6, 6.07) is 4.86. The summed E-state index contributed by atoms with van der Waals surface area (Å²) >= 11 is 12.2. The number of anilines is 1. The van der Waals surface area contributed by atoms with Gasteiger partial charge in [0.15, 0.2) is 0 Å². The second-order valence-corrected chi connectivity index (χ2v) is 7.99. The van der Waals surface area contributed by atoms with Crippen LogP contribution in [0, 0.1) is 0 Å². The topological polar surface area (TPSA) is 92.7 Å². The number of halogens is 2. The number of ether oxygens (including phenoxy) is 1. The SMILES string of the molecule is COC(=O)c1ccc(NS(=O)(=O)c2cc(Cl)c(Cl)s2)c(O)c1. The molecule has 0 spiro atoms. The van der Waals surface area contributed by atoms with E-state index in [1.165, 1.54) is 25.3 Å². The molecule has 1 heterocycles. The van der Waals surface area contributed by atoms with Gasteiger partial charge < -0.3 is 9.84 Å². The zero-order valence-electron chi connectivity index (χ0n) is 11.0. The summed E-state index contributed by atoms with van der Waals surface area (Å²) in [4.78, 5) is 11.3. The van der Waals surface area contributed by atoms with E-state index >= 15 is 0 Å². The lowest BCUT2D eigenvalue weighted by Gasteiger charge is -2.09. The standard InChI is InChI=1S/C12H9Cl2NO5S2/c1-20-12(17)6-2-3-8(9(16)4-6)15-22(18,19)10-5-7(13)11(14)21-10/h2-5,15-16H,1H3. The number of benzene rings is 1. The molecular weight excluding hydrogens is 373 g/mol. The van der Waals surface area contributed by atoms with Gasteiger partial charge in [0.2, 0.25) is 0 Å². The summed E-state index contributed by atoms with van der Waals surface area (Å²) in [5.41, 5.74) is -0.00143. The van der Waals surface area contributed by atoms with Gasteiger partial charge in [-0.05, 0) is 24.3 Å². The molecule has 0 aliphatic rings. The maximum atomic E-state index is 12.2. The summed E-state index contributed by atoms with van der Waals surface area (Å²) < 4.78 is 31.1. The second kappa shape index (κ2) is 6.33. The molecule has 2 N–H and O–H groups in total. The minimum atomic E-state index is -3.95. The van der Waals surface area contributed by atoms with Crippen molar-refractivity contribution in [2.24, 2.45) is 0 Å². The Bertz CT molecular complexity index is 813. The average molecular weight is 382 g/mol. The van der Waals surface area contributed by atoms with Crippen LogP contribution in [-0.2, 0) is 14.8 Å². The summed E-state index contributed by atoms with van der Waals surface area (Å²) in [7, 11) is -2.76. The Balaban J connectivity index is 2.32. The number of thiophene rings is 1. The summed E-state index contributed by atoms with van der Waals surface area (Å²) in [5.74, 6) is -1.07. The highest BCUT2D eigenvalue weighted by Gasteiger charge is 2.21. The fraction of sp³-hybridized carbons (Fsp3) is 0.0833. The maximum Gasteiger partial charge on any atom is 0.337 e. The molecule has 0 aliphatic carbocycles. The molecule has 6 nitrogen and oxygen atoms in total. The molecule has 0 amide bonds. The second-order valence-electron chi connectivity index (χ2n) is 4.02. The number of esters is 1. The van der Waals surface area contributed by atoms with Gasteiger partial charge in [0.25, 0.3) is 10.0 Å². The van der Waals surface area contributed by atoms with Crippen LogP contribution >= 0.6 is 34.5 Å². The first kappa shape index (κ1) is 16.9. The summed E-state index contributed by atoms with van der Waals surface area (Å²) in [6.07, 6.45) is 0. The number of rotatable bonds is 4. The Kier molecular flexibility index (Phi) is 4.86. The number of hydrogen-bond donors (Lipinski definition) is 2. The first-order valence-electron chi connectivity index (χ1n) is 5.63. The van der Waals surface area contributed by atoms with Crippen molar-refractivity contribution in [3.05, 3.63) is 39.2 Å². The van der Waals surface area contributed by atoms with Gasteiger partial charge in [-0.15, -0.1) is 11.3 Å². The fourth-order valence-electron chi connectivity index (χ4n) is 1.52. The number of sulfonamides is 1. The number of phenolic OH excluding ortho intramolecular Hbond substituents is 1. The number of carbonyl (C=O) groups excluding carboxylic acids is 1. The largest absolute Gasteiger partial charge is 0.506 e. The van der Waals surface area contributed by atoms with Gasteiger partial charge >= 0.3 is 5.97 Å². The van der Waals surface area contributed by atoms with Gasteiger partial charge in [-0.25, -0.2) is 13.2 Å². The Morgan fingerprint density at radius 1 is 1.32 bits per heavy atom. The number of carbonyl (C=O) groups is 1. The van der Waals surface area contributed by atoms with Crippen molar-refractivity contribution in [3.8, 4) is 5.75 Å². The lowest BCUT2D eigenvalue weighted by Crippen LogP contribution is -2.12. The number of nitrogens with one attached hydrogen (secondary N) is 1. The lowest BCUT2D eigenvalue weighted by molar-refractivity contribution is 0.0600. The molecule has 22 heavy (non-hydrogen) atoms. The van der Waals surface area contributed by atoms with Crippen LogP contribution in [0.2, 0.25) is 9.36 Å². The van der Waals surface area contributed by atoms with Crippen LogP contribution in [0.15, 0.2) is 28.5 Å². The molecule has 0 radical (unpaired) electrons. The van der Waals surface area contributed by atoms with Gasteiger partial charge in [-0.1, -0.05) is 23.2 Å². The Morgan fingerprint density at radius 2 is 2.00 bits per heavy atom. The van der Waals surface area contributed by atoms with Crippen LogP contribution in [0.25, 0.3) is 0 Å². The van der Waals surface area contributed by atoms with Crippen molar-refractivity contribution in [3.63, 3.8) is 0 Å². The Morgan fingerprint density at radius 3 is 2.50 bits per heavy atom. The van der Waals surface area contributed by atoms with Crippen molar-refractivity contribution in [1.29, 1.82) is 0 Å². The monoisotopic (exact) mass is 381 g/mol. The van der Waals surface area contributed by atoms with E-state index in [2.05, 4.69) is 9.46 Å². The van der Waals surface area contributed by atoms with Gasteiger partial charge in [0.05, 0.1) is 23.4 Å². The third-order valence-electron chi connectivity index (χ3n) is 2.55. The van der Waals surface area contributed by atoms with Gasteiger partial charge in [-0.2, -0.15) is 0 Å². The van der Waals surface area contributed by atoms with Crippen LogP contribution in [0.4, 0.5) is 5.69 Å². The van der Waals surface area contributed by atoms with Gasteiger partial charge in [0, 0.05) is 0 Å². The normalized spacial score (nSPS) is 11.2. The highest BCUT2D eigenvalue weighted by molar-refractivity contribution is 7.94. The van der Waals surface area contributed by atoms with Gasteiger partial charge in [0.1, 0.15) is 14.3 Å². The van der Waals surface area contributed by atoms with E-state index in [4.69, 9.17) is 23.2 Å². The molecule has 1 aromatic carbocycles. The zero-order chi connectivity index (χ0) is 16.5.